The number of ether oxygens (including phenoxy) is 3. The maximum Gasteiger partial charge on any atom is 0.221 e. The van der Waals surface area contributed by atoms with Gasteiger partial charge in [0, 0.05) is 10.4 Å². The lowest BCUT2D eigenvalue weighted by Gasteiger charge is -2.22. The first kappa shape index (κ1) is 24.0. The van der Waals surface area contributed by atoms with E-state index >= 15 is 0 Å². The van der Waals surface area contributed by atoms with Crippen LogP contribution in [0.25, 0.3) is 10.9 Å². The van der Waals surface area contributed by atoms with Crippen LogP contribution in [0, 0.1) is 0 Å². The summed E-state index contributed by atoms with van der Waals surface area (Å²) in [6, 6.07) is 14.5. The summed E-state index contributed by atoms with van der Waals surface area (Å²) in [6.07, 6.45) is -0.840. The van der Waals surface area contributed by atoms with Crippen molar-refractivity contribution in [1.29, 1.82) is 0 Å². The Morgan fingerprint density at radius 3 is 2.76 bits per heavy atom. The molecule has 4 aromatic rings. The zero-order valence-corrected chi connectivity index (χ0v) is 20.9. The third kappa shape index (κ3) is 4.60. The molecule has 12 heteroatoms. The molecule has 0 bridgehead atoms. The number of azo groups is 1. The number of aliphatic hydroxyl groups excluding tert-OH is 1. The van der Waals surface area contributed by atoms with Crippen molar-refractivity contribution >= 4 is 33.9 Å². The van der Waals surface area contributed by atoms with E-state index in [1.165, 1.54) is 0 Å². The summed E-state index contributed by atoms with van der Waals surface area (Å²) >= 11 is 6.04. The lowest BCUT2D eigenvalue weighted by atomic mass is 10.1. The van der Waals surface area contributed by atoms with E-state index in [2.05, 4.69) is 20.5 Å². The van der Waals surface area contributed by atoms with Crippen LogP contribution >= 0.6 is 11.6 Å². The maximum absolute atomic E-state index is 11.1. The summed E-state index contributed by atoms with van der Waals surface area (Å²) in [4.78, 5) is 0. The highest BCUT2D eigenvalue weighted by Gasteiger charge is 2.54. The maximum atomic E-state index is 11.1. The number of hydrogen-bond acceptors (Lipinski definition) is 9. The van der Waals surface area contributed by atoms with E-state index in [4.69, 9.17) is 25.8 Å². The van der Waals surface area contributed by atoms with Gasteiger partial charge < -0.3 is 29.0 Å². The van der Waals surface area contributed by atoms with Gasteiger partial charge in [0.2, 0.25) is 5.88 Å². The topological polar surface area (TPSA) is 129 Å². The Morgan fingerprint density at radius 2 is 1.95 bits per heavy atom. The summed E-state index contributed by atoms with van der Waals surface area (Å²) in [5.41, 5.74) is 2.30. The fourth-order valence-electron chi connectivity index (χ4n) is 4.73. The molecule has 2 fully saturated rings. The third-order valence-corrected chi connectivity index (χ3v) is 6.61. The molecular formula is C25H25ClN6O5. The van der Waals surface area contributed by atoms with Crippen LogP contribution in [0.15, 0.2) is 65.0 Å². The summed E-state index contributed by atoms with van der Waals surface area (Å²) in [5, 5.41) is 40.0. The fourth-order valence-corrected chi connectivity index (χ4v) is 4.92. The molecule has 11 nitrogen and oxygen atoms in total. The highest BCUT2D eigenvalue weighted by molar-refractivity contribution is 6.30. The van der Waals surface area contributed by atoms with Gasteiger partial charge in [0.15, 0.2) is 17.8 Å². The molecule has 2 saturated heterocycles. The fraction of sp³-hybridized carbons (Fsp3) is 0.360. The number of hydrogen-bond donors (Lipinski definition) is 2. The van der Waals surface area contributed by atoms with Crippen molar-refractivity contribution < 1.29 is 24.4 Å². The first-order valence-electron chi connectivity index (χ1n) is 11.8. The van der Waals surface area contributed by atoms with Crippen LogP contribution in [0.1, 0.15) is 19.5 Å². The third-order valence-electron chi connectivity index (χ3n) is 6.38. The molecule has 37 heavy (non-hydrogen) atoms. The zero-order valence-electron chi connectivity index (χ0n) is 20.1. The molecule has 4 heterocycles. The minimum absolute atomic E-state index is 0.0409. The highest BCUT2D eigenvalue weighted by Crippen LogP contribution is 2.40. The SMILES string of the molecule is CC1(C)O[C@H]2O[C@H](Cn3cc(Cn4c(O)c(N=Nc5cccc(Cl)c5)c5ccccc54)nn3)[C@H](O)[C@H]2O1. The highest BCUT2D eigenvalue weighted by atomic mass is 35.5. The number of aliphatic hydroxyl groups is 1. The van der Waals surface area contributed by atoms with Crippen LogP contribution in [0.3, 0.4) is 0 Å². The van der Waals surface area contributed by atoms with Crippen molar-refractivity contribution in [3.63, 3.8) is 0 Å². The van der Waals surface area contributed by atoms with E-state index in [9.17, 15) is 10.2 Å². The Bertz CT molecular complexity index is 1480. The molecule has 2 aromatic carbocycles. The van der Waals surface area contributed by atoms with Gasteiger partial charge in [0.25, 0.3) is 0 Å². The van der Waals surface area contributed by atoms with E-state index in [1.807, 2.05) is 24.3 Å². The molecule has 0 unspecified atom stereocenters. The minimum Gasteiger partial charge on any atom is -0.493 e. The van der Waals surface area contributed by atoms with Crippen molar-refractivity contribution in [3.8, 4) is 5.88 Å². The number of rotatable bonds is 6. The molecule has 2 aliphatic heterocycles. The largest absolute Gasteiger partial charge is 0.493 e. The molecule has 0 saturated carbocycles. The molecule has 2 aliphatic rings. The summed E-state index contributed by atoms with van der Waals surface area (Å²) in [7, 11) is 0. The monoisotopic (exact) mass is 524 g/mol. The van der Waals surface area contributed by atoms with Gasteiger partial charge in [-0.3, -0.25) is 0 Å². The average Bonchev–Trinajstić information content (AvgIpc) is 3.57. The molecule has 6 rings (SSSR count). The number of aromatic nitrogens is 4. The molecule has 0 spiro atoms. The van der Waals surface area contributed by atoms with Crippen LogP contribution in [-0.2, 0) is 27.3 Å². The molecule has 0 radical (unpaired) electrons. The minimum atomic E-state index is -0.857. The molecule has 2 aromatic heterocycles. The van der Waals surface area contributed by atoms with Crippen LogP contribution in [0.4, 0.5) is 11.4 Å². The summed E-state index contributed by atoms with van der Waals surface area (Å²) in [5.74, 6) is -0.837. The van der Waals surface area contributed by atoms with Crippen molar-refractivity contribution in [1.82, 2.24) is 19.6 Å². The quantitative estimate of drug-likeness (QED) is 0.360. The van der Waals surface area contributed by atoms with Gasteiger partial charge in [-0.1, -0.05) is 41.1 Å². The second-order valence-electron chi connectivity index (χ2n) is 9.52. The number of nitrogens with zero attached hydrogens (tertiary/aromatic N) is 6. The van der Waals surface area contributed by atoms with E-state index in [-0.39, 0.29) is 19.0 Å². The van der Waals surface area contributed by atoms with Crippen LogP contribution in [0.2, 0.25) is 5.02 Å². The second kappa shape index (κ2) is 9.19. The molecule has 0 aliphatic carbocycles. The lowest BCUT2D eigenvalue weighted by Crippen LogP contribution is -2.36. The first-order chi connectivity index (χ1) is 17.8. The Kier molecular flexibility index (Phi) is 5.97. The van der Waals surface area contributed by atoms with Gasteiger partial charge in [-0.05, 0) is 38.1 Å². The molecule has 2 N–H and O–H groups in total. The summed E-state index contributed by atoms with van der Waals surface area (Å²) < 4.78 is 20.6. The van der Waals surface area contributed by atoms with Crippen molar-refractivity contribution in [2.75, 3.05) is 0 Å². The van der Waals surface area contributed by atoms with E-state index in [0.29, 0.717) is 22.1 Å². The van der Waals surface area contributed by atoms with Crippen LogP contribution < -0.4 is 0 Å². The van der Waals surface area contributed by atoms with Gasteiger partial charge in [-0.15, -0.1) is 10.2 Å². The number of para-hydroxylation sites is 1. The number of halogens is 1. The van der Waals surface area contributed by atoms with Crippen molar-refractivity contribution in [3.05, 3.63) is 65.4 Å². The Hall–Kier alpha value is -3.35. The van der Waals surface area contributed by atoms with Crippen LogP contribution in [0.5, 0.6) is 5.88 Å². The smallest absolute Gasteiger partial charge is 0.221 e. The van der Waals surface area contributed by atoms with Gasteiger partial charge in [0.1, 0.15) is 24.0 Å². The molecular weight excluding hydrogens is 500 g/mol. The van der Waals surface area contributed by atoms with Gasteiger partial charge in [-0.25, -0.2) is 4.68 Å². The normalized spacial score (nSPS) is 24.9. The zero-order chi connectivity index (χ0) is 25.7. The lowest BCUT2D eigenvalue weighted by molar-refractivity contribution is -0.216. The molecule has 192 valence electrons. The molecule has 0 amide bonds. The molecule has 4 atom stereocenters. The Balaban J connectivity index is 1.21. The predicted octanol–water partition coefficient (Wildman–Crippen LogP) is 4.29. The standard InChI is InChI=1S/C25H25ClN6O5/c1-25(2)36-22-21(33)19(35-24(22)37-25)13-31-11-16(28-30-31)12-32-18-9-4-3-8-17(18)20(23(32)34)29-27-15-7-5-6-14(26)10-15/h3-11,19,21-22,24,33-34H,12-13H2,1-2H3/t19-,21+,22-,24-/m1/s1. The van der Waals surface area contributed by atoms with Gasteiger partial charge in [0.05, 0.1) is 30.5 Å². The van der Waals surface area contributed by atoms with E-state index in [0.717, 1.165) is 10.9 Å². The average molecular weight is 525 g/mol. The van der Waals surface area contributed by atoms with E-state index in [1.54, 1.807) is 53.6 Å². The van der Waals surface area contributed by atoms with Gasteiger partial charge >= 0.3 is 0 Å². The second-order valence-corrected chi connectivity index (χ2v) is 9.96. The van der Waals surface area contributed by atoms with E-state index < -0.39 is 30.4 Å². The predicted molar refractivity (Wildman–Crippen MR) is 133 cm³/mol. The summed E-state index contributed by atoms with van der Waals surface area (Å²) in [6.45, 7) is 4.08. The number of benzene rings is 2. The Labute approximate surface area is 216 Å². The van der Waals surface area contributed by atoms with Crippen LogP contribution in [-0.4, -0.2) is 60.2 Å². The number of fused-ring (bicyclic) bond motifs is 2. The number of aromatic hydroxyl groups is 1. The van der Waals surface area contributed by atoms with Crippen molar-refractivity contribution in [2.45, 2.75) is 57.3 Å². The van der Waals surface area contributed by atoms with Gasteiger partial charge in [-0.2, -0.15) is 5.11 Å². The first-order valence-corrected chi connectivity index (χ1v) is 12.2. The van der Waals surface area contributed by atoms with Crippen molar-refractivity contribution in [2.24, 2.45) is 10.2 Å². The Morgan fingerprint density at radius 1 is 1.11 bits per heavy atom.